The maximum atomic E-state index is 11.9. The van der Waals surface area contributed by atoms with Gasteiger partial charge in [-0.05, 0) is 37.5 Å². The van der Waals surface area contributed by atoms with Crippen molar-refractivity contribution in [2.75, 3.05) is 19.6 Å². The minimum absolute atomic E-state index is 0.0181. The Balaban J connectivity index is 1.57. The van der Waals surface area contributed by atoms with Crippen LogP contribution in [0.2, 0.25) is 0 Å². The van der Waals surface area contributed by atoms with Gasteiger partial charge in [-0.2, -0.15) is 0 Å². The Labute approximate surface area is 114 Å². The first kappa shape index (κ1) is 14.2. The van der Waals surface area contributed by atoms with E-state index in [1.165, 1.54) is 19.3 Å². The Morgan fingerprint density at radius 3 is 2.37 bits per heavy atom. The number of hydrogen-bond donors (Lipinski definition) is 2. The van der Waals surface area contributed by atoms with Crippen LogP contribution in [-0.2, 0) is 4.79 Å². The average molecular weight is 268 g/mol. The molecule has 0 atom stereocenters. The number of carbonyl (C=O) groups is 2. The van der Waals surface area contributed by atoms with E-state index >= 15 is 0 Å². The number of urea groups is 1. The van der Waals surface area contributed by atoms with Crippen LogP contribution >= 0.6 is 0 Å². The molecule has 0 spiro atoms. The van der Waals surface area contributed by atoms with E-state index in [0.29, 0.717) is 13.1 Å². The fourth-order valence-corrected chi connectivity index (χ4v) is 2.69. The van der Waals surface area contributed by atoms with E-state index in [1.54, 1.807) is 0 Å². The van der Waals surface area contributed by atoms with Gasteiger partial charge in [0.05, 0.1) is 0 Å². The highest BCUT2D eigenvalue weighted by atomic mass is 16.4. The van der Waals surface area contributed by atoms with Gasteiger partial charge in [0.15, 0.2) is 0 Å². The summed E-state index contributed by atoms with van der Waals surface area (Å²) in [6.45, 7) is 2.14. The summed E-state index contributed by atoms with van der Waals surface area (Å²) in [7, 11) is 0. The number of nitrogens with one attached hydrogen (secondary N) is 1. The largest absolute Gasteiger partial charge is 0.481 e. The highest BCUT2D eigenvalue weighted by Gasteiger charge is 2.24. The second-order valence-corrected chi connectivity index (χ2v) is 5.85. The van der Waals surface area contributed by atoms with Crippen molar-refractivity contribution in [2.45, 2.75) is 44.9 Å². The predicted molar refractivity (Wildman–Crippen MR) is 71.9 cm³/mol. The summed E-state index contributed by atoms with van der Waals surface area (Å²) >= 11 is 0. The topological polar surface area (TPSA) is 69.6 Å². The van der Waals surface area contributed by atoms with E-state index in [1.807, 2.05) is 4.90 Å². The Morgan fingerprint density at radius 2 is 1.79 bits per heavy atom. The molecule has 108 valence electrons. The second kappa shape index (κ2) is 6.78. The van der Waals surface area contributed by atoms with E-state index in [2.05, 4.69) is 5.32 Å². The molecule has 2 N–H and O–H groups in total. The van der Waals surface area contributed by atoms with Crippen molar-refractivity contribution in [2.24, 2.45) is 11.8 Å². The Bertz CT molecular complexity index is 321. The zero-order valence-electron chi connectivity index (χ0n) is 11.4. The van der Waals surface area contributed by atoms with Gasteiger partial charge in [-0.25, -0.2) is 4.79 Å². The summed E-state index contributed by atoms with van der Waals surface area (Å²) in [5, 5.41) is 11.7. The smallest absolute Gasteiger partial charge is 0.317 e. The monoisotopic (exact) mass is 268 g/mol. The molecule has 0 bridgehead atoms. The molecule has 2 fully saturated rings. The molecule has 1 aliphatic carbocycles. The molecule has 1 saturated carbocycles. The normalized spacial score (nSPS) is 20.3. The third-order valence-electron chi connectivity index (χ3n) is 4.13. The fourth-order valence-electron chi connectivity index (χ4n) is 2.69. The first-order valence-corrected chi connectivity index (χ1v) is 7.39. The first-order chi connectivity index (χ1) is 9.15. The molecule has 19 heavy (non-hydrogen) atoms. The van der Waals surface area contributed by atoms with E-state index in [-0.39, 0.29) is 18.4 Å². The van der Waals surface area contributed by atoms with Gasteiger partial charge < -0.3 is 15.3 Å². The highest BCUT2D eigenvalue weighted by molar-refractivity contribution is 5.74. The zero-order valence-corrected chi connectivity index (χ0v) is 11.4. The molecular weight excluding hydrogens is 244 g/mol. The van der Waals surface area contributed by atoms with Crippen LogP contribution in [0.1, 0.15) is 44.9 Å². The number of aliphatic carboxylic acids is 1. The highest BCUT2D eigenvalue weighted by Crippen LogP contribution is 2.33. The van der Waals surface area contributed by atoms with Crippen molar-refractivity contribution in [3.8, 4) is 0 Å². The van der Waals surface area contributed by atoms with Gasteiger partial charge in [-0.1, -0.05) is 12.8 Å². The number of carboxylic acids is 1. The number of carbonyl (C=O) groups excluding carboxylic acids is 1. The molecule has 2 amide bonds. The SMILES string of the molecule is O=C(O)CC1CCN(C(=O)NCCCC2CC2)CC1. The lowest BCUT2D eigenvalue weighted by Gasteiger charge is -2.31. The van der Waals surface area contributed by atoms with Crippen LogP contribution in [0.4, 0.5) is 4.79 Å². The molecule has 0 aromatic rings. The summed E-state index contributed by atoms with van der Waals surface area (Å²) in [5.74, 6) is 0.419. The molecule has 0 radical (unpaired) electrons. The molecule has 5 nitrogen and oxygen atoms in total. The van der Waals surface area contributed by atoms with Gasteiger partial charge in [0.2, 0.25) is 0 Å². The molecule has 1 aliphatic heterocycles. The lowest BCUT2D eigenvalue weighted by molar-refractivity contribution is -0.138. The molecule has 0 aromatic heterocycles. The molecule has 1 heterocycles. The maximum Gasteiger partial charge on any atom is 0.317 e. The standard InChI is InChI=1S/C14H24N2O3/c17-13(18)10-12-5-8-16(9-6-12)14(19)15-7-1-2-11-3-4-11/h11-12H,1-10H2,(H,15,19)(H,17,18). The van der Waals surface area contributed by atoms with Crippen LogP contribution in [0.3, 0.4) is 0 Å². The third kappa shape index (κ3) is 5.09. The van der Waals surface area contributed by atoms with Crippen molar-refractivity contribution < 1.29 is 14.7 Å². The quantitative estimate of drug-likeness (QED) is 0.725. The van der Waals surface area contributed by atoms with Crippen LogP contribution in [0, 0.1) is 11.8 Å². The zero-order chi connectivity index (χ0) is 13.7. The number of carboxylic acid groups (broad SMARTS) is 1. The molecule has 1 saturated heterocycles. The second-order valence-electron chi connectivity index (χ2n) is 5.85. The number of piperidine rings is 1. The van der Waals surface area contributed by atoms with E-state index in [0.717, 1.165) is 31.7 Å². The average Bonchev–Trinajstić information content (AvgIpc) is 3.18. The minimum Gasteiger partial charge on any atom is -0.481 e. The van der Waals surface area contributed by atoms with Gasteiger partial charge in [-0.3, -0.25) is 4.79 Å². The van der Waals surface area contributed by atoms with Gasteiger partial charge in [-0.15, -0.1) is 0 Å². The van der Waals surface area contributed by atoms with E-state index in [9.17, 15) is 9.59 Å². The predicted octanol–water partition coefficient (Wildman–Crippen LogP) is 2.07. The Hall–Kier alpha value is -1.26. The Morgan fingerprint density at radius 1 is 1.11 bits per heavy atom. The van der Waals surface area contributed by atoms with E-state index < -0.39 is 5.97 Å². The molecule has 0 aromatic carbocycles. The summed E-state index contributed by atoms with van der Waals surface area (Å²) in [6.07, 6.45) is 6.89. The first-order valence-electron chi connectivity index (χ1n) is 7.39. The van der Waals surface area contributed by atoms with Gasteiger partial charge >= 0.3 is 12.0 Å². The van der Waals surface area contributed by atoms with E-state index in [4.69, 9.17) is 5.11 Å². The molecule has 0 unspecified atom stereocenters. The summed E-state index contributed by atoms with van der Waals surface area (Å²) in [6, 6.07) is 0.0181. The Kier molecular flexibility index (Phi) is 5.05. The lowest BCUT2D eigenvalue weighted by Crippen LogP contribution is -2.44. The minimum atomic E-state index is -0.733. The fraction of sp³-hybridized carbons (Fsp3) is 0.857. The van der Waals surface area contributed by atoms with Crippen LogP contribution < -0.4 is 5.32 Å². The molecule has 2 aliphatic rings. The number of nitrogens with zero attached hydrogens (tertiary/aromatic N) is 1. The molecule has 5 heteroatoms. The van der Waals surface area contributed by atoms with Crippen molar-refractivity contribution >= 4 is 12.0 Å². The summed E-state index contributed by atoms with van der Waals surface area (Å²) in [5.41, 5.74) is 0. The molecular formula is C14H24N2O3. The van der Waals surface area contributed by atoms with Gasteiger partial charge in [0.25, 0.3) is 0 Å². The van der Waals surface area contributed by atoms with Crippen molar-refractivity contribution in [3.63, 3.8) is 0 Å². The maximum absolute atomic E-state index is 11.9. The van der Waals surface area contributed by atoms with Crippen molar-refractivity contribution in [3.05, 3.63) is 0 Å². The number of likely N-dealkylation sites (tertiary alicyclic amines) is 1. The van der Waals surface area contributed by atoms with Gasteiger partial charge in [0, 0.05) is 26.1 Å². The number of rotatable bonds is 6. The summed E-state index contributed by atoms with van der Waals surface area (Å²) < 4.78 is 0. The van der Waals surface area contributed by atoms with Crippen LogP contribution in [-0.4, -0.2) is 41.6 Å². The van der Waals surface area contributed by atoms with Crippen LogP contribution in [0.5, 0.6) is 0 Å². The molecule has 2 rings (SSSR count). The number of hydrogen-bond acceptors (Lipinski definition) is 2. The van der Waals surface area contributed by atoms with Crippen LogP contribution in [0.15, 0.2) is 0 Å². The van der Waals surface area contributed by atoms with Crippen molar-refractivity contribution in [1.29, 1.82) is 0 Å². The summed E-state index contributed by atoms with van der Waals surface area (Å²) in [4.78, 5) is 24.3. The van der Waals surface area contributed by atoms with Gasteiger partial charge in [0.1, 0.15) is 0 Å². The lowest BCUT2D eigenvalue weighted by atomic mass is 9.94. The van der Waals surface area contributed by atoms with Crippen LogP contribution in [0.25, 0.3) is 0 Å². The number of amides is 2. The third-order valence-corrected chi connectivity index (χ3v) is 4.13. The van der Waals surface area contributed by atoms with Crippen molar-refractivity contribution in [1.82, 2.24) is 10.2 Å².